The van der Waals surface area contributed by atoms with Crippen molar-refractivity contribution >= 4 is 39.6 Å². The van der Waals surface area contributed by atoms with Crippen LogP contribution >= 0.6 is 23.4 Å². The largest absolute Gasteiger partial charge is 0.534 e. The monoisotopic (exact) mass is 657 g/mol. The van der Waals surface area contributed by atoms with Crippen molar-refractivity contribution in [3.8, 4) is 11.5 Å². The minimum Gasteiger partial charge on any atom is -0.466 e. The third kappa shape index (κ3) is 10.7. The minimum absolute atomic E-state index is 0.171. The molecule has 0 fully saturated rings. The summed E-state index contributed by atoms with van der Waals surface area (Å²) in [6.07, 6.45) is 1.33. The Balaban J connectivity index is 2.27. The van der Waals surface area contributed by atoms with Crippen LogP contribution in [0.4, 0.5) is 18.0 Å². The molecule has 0 saturated heterocycles. The molecule has 2 N–H and O–H groups in total. The SMILES string of the molecule is CCC[C@@](CO)(CCc1ccc(Sc2cc(OS(=O)(=O)C(F)(F)F)ccc2OCOC)cc1Cl)NC(=O)OC(C)(C)C. The molecule has 15 heteroatoms. The van der Waals surface area contributed by atoms with Crippen molar-refractivity contribution in [2.75, 3.05) is 20.5 Å². The molecule has 0 aliphatic carbocycles. The van der Waals surface area contributed by atoms with Crippen LogP contribution in [0.3, 0.4) is 0 Å². The van der Waals surface area contributed by atoms with E-state index in [-0.39, 0.29) is 24.0 Å². The normalized spacial score (nSPS) is 13.8. The summed E-state index contributed by atoms with van der Waals surface area (Å²) in [4.78, 5) is 13.3. The molecule has 1 atom stereocenters. The van der Waals surface area contributed by atoms with Crippen LogP contribution in [0.15, 0.2) is 46.2 Å². The summed E-state index contributed by atoms with van der Waals surface area (Å²) >= 11 is 7.61. The molecule has 0 aliphatic rings. The minimum atomic E-state index is -5.87. The Kier molecular flexibility index (Phi) is 12.7. The molecule has 0 aromatic heterocycles. The van der Waals surface area contributed by atoms with Gasteiger partial charge in [0.1, 0.15) is 17.1 Å². The maximum Gasteiger partial charge on any atom is 0.534 e. The Bertz CT molecular complexity index is 1320. The maximum atomic E-state index is 12.8. The Hall–Kier alpha value is -2.39. The zero-order valence-electron chi connectivity index (χ0n) is 23.8. The number of halogens is 4. The number of aliphatic hydroxyl groups excluding tert-OH is 1. The number of carbonyl (C=O) groups excluding carboxylic acids is 1. The number of ether oxygens (including phenoxy) is 3. The number of amides is 1. The summed E-state index contributed by atoms with van der Waals surface area (Å²) in [6, 6.07) is 8.48. The number of alkyl halides is 3. The number of carbonyl (C=O) groups is 1. The van der Waals surface area contributed by atoms with Gasteiger partial charge in [-0.05, 0) is 75.9 Å². The van der Waals surface area contributed by atoms with E-state index in [2.05, 4.69) is 9.50 Å². The van der Waals surface area contributed by atoms with Gasteiger partial charge in [0, 0.05) is 17.0 Å². The van der Waals surface area contributed by atoms with Gasteiger partial charge >= 0.3 is 21.7 Å². The molecule has 0 heterocycles. The van der Waals surface area contributed by atoms with Gasteiger partial charge in [-0.25, -0.2) is 4.79 Å². The molecule has 2 aromatic rings. The van der Waals surface area contributed by atoms with Crippen LogP contribution in [-0.4, -0.2) is 56.8 Å². The van der Waals surface area contributed by atoms with E-state index in [4.69, 9.17) is 25.8 Å². The molecular weight excluding hydrogens is 623 g/mol. The average molecular weight is 658 g/mol. The van der Waals surface area contributed by atoms with Crippen LogP contribution in [0.5, 0.6) is 11.5 Å². The first-order valence-electron chi connectivity index (χ1n) is 12.8. The number of aryl methyl sites for hydroxylation is 1. The van der Waals surface area contributed by atoms with Crippen LogP contribution in [0.1, 0.15) is 52.5 Å². The van der Waals surface area contributed by atoms with Crippen LogP contribution in [0.2, 0.25) is 5.02 Å². The molecule has 236 valence electrons. The summed E-state index contributed by atoms with van der Waals surface area (Å²) in [5.74, 6) is -0.351. The zero-order valence-corrected chi connectivity index (χ0v) is 26.2. The summed E-state index contributed by atoms with van der Waals surface area (Å²) < 4.78 is 81.4. The summed E-state index contributed by atoms with van der Waals surface area (Å²) in [5.41, 5.74) is -6.51. The van der Waals surface area contributed by atoms with Crippen molar-refractivity contribution in [2.24, 2.45) is 0 Å². The molecular formula is C27H35ClF3NO8S2. The fraction of sp³-hybridized carbons (Fsp3) is 0.519. The van der Waals surface area contributed by atoms with Gasteiger partial charge in [0.05, 0.1) is 17.0 Å². The first-order valence-corrected chi connectivity index (χ1v) is 15.4. The number of hydrogen-bond acceptors (Lipinski definition) is 9. The van der Waals surface area contributed by atoms with Gasteiger partial charge in [-0.15, -0.1) is 0 Å². The second kappa shape index (κ2) is 14.9. The van der Waals surface area contributed by atoms with E-state index in [1.807, 2.05) is 6.92 Å². The topological polar surface area (TPSA) is 120 Å². The second-order valence-corrected chi connectivity index (χ2v) is 13.4. The van der Waals surface area contributed by atoms with Crippen molar-refractivity contribution in [3.63, 3.8) is 0 Å². The molecule has 0 saturated carbocycles. The first-order chi connectivity index (χ1) is 19.4. The number of methoxy groups -OCH3 is 1. The van der Waals surface area contributed by atoms with E-state index in [0.717, 1.165) is 29.5 Å². The molecule has 2 rings (SSSR count). The van der Waals surface area contributed by atoms with E-state index in [0.29, 0.717) is 35.6 Å². The first kappa shape index (κ1) is 35.8. The Labute approximate surface area is 253 Å². The molecule has 42 heavy (non-hydrogen) atoms. The highest BCUT2D eigenvalue weighted by Gasteiger charge is 2.48. The average Bonchev–Trinajstić information content (AvgIpc) is 2.85. The Morgan fingerprint density at radius 2 is 1.79 bits per heavy atom. The van der Waals surface area contributed by atoms with E-state index in [9.17, 15) is 31.5 Å². The van der Waals surface area contributed by atoms with Crippen molar-refractivity contribution in [2.45, 2.75) is 79.8 Å². The standard InChI is InChI=1S/C27H35ClF3NO8S2/c1-6-12-26(16-33,32-24(34)39-25(2,3)4)13-11-18-7-9-20(15-21(18)28)41-23-14-19(8-10-22(23)38-17-37-5)40-42(35,36)27(29,30)31/h7-10,14-15,33H,6,11-13,16-17H2,1-5H3,(H,32,34)/t26-/m0/s1. The van der Waals surface area contributed by atoms with Crippen molar-refractivity contribution in [3.05, 3.63) is 47.0 Å². The molecule has 1 amide bonds. The second-order valence-electron chi connectivity index (χ2n) is 10.3. The Morgan fingerprint density at radius 1 is 1.10 bits per heavy atom. The summed E-state index contributed by atoms with van der Waals surface area (Å²) in [6.45, 7) is 6.68. The lowest BCUT2D eigenvalue weighted by molar-refractivity contribution is -0.0500. The van der Waals surface area contributed by atoms with Gasteiger partial charge in [0.15, 0.2) is 6.79 Å². The maximum absolute atomic E-state index is 12.8. The van der Waals surface area contributed by atoms with Gasteiger partial charge in [-0.2, -0.15) is 21.6 Å². The van der Waals surface area contributed by atoms with Crippen molar-refractivity contribution in [1.29, 1.82) is 0 Å². The number of alkyl carbamates (subject to hydrolysis) is 1. The predicted molar refractivity (Wildman–Crippen MR) is 153 cm³/mol. The molecule has 0 bridgehead atoms. The summed E-state index contributed by atoms with van der Waals surface area (Å²) in [5, 5.41) is 13.4. The third-order valence-electron chi connectivity index (χ3n) is 5.66. The van der Waals surface area contributed by atoms with Crippen LogP contribution in [0, 0.1) is 0 Å². The number of aliphatic hydroxyl groups is 1. The van der Waals surface area contributed by atoms with Crippen molar-refractivity contribution in [1.82, 2.24) is 5.32 Å². The molecule has 2 aromatic carbocycles. The third-order valence-corrected chi connectivity index (χ3v) is 8.02. The van der Waals surface area contributed by atoms with E-state index < -0.39 is 38.6 Å². The molecule has 9 nitrogen and oxygen atoms in total. The van der Waals surface area contributed by atoms with Gasteiger partial charge in [0.25, 0.3) is 0 Å². The molecule has 0 spiro atoms. The van der Waals surface area contributed by atoms with Crippen LogP contribution < -0.4 is 14.2 Å². The van der Waals surface area contributed by atoms with E-state index in [1.165, 1.54) is 13.2 Å². The number of nitrogens with one attached hydrogen (secondary N) is 1. The highest BCUT2D eigenvalue weighted by Crippen LogP contribution is 2.40. The van der Waals surface area contributed by atoms with Crippen molar-refractivity contribution < 1.29 is 49.9 Å². The van der Waals surface area contributed by atoms with Gasteiger partial charge in [-0.3, -0.25) is 0 Å². The fourth-order valence-corrected chi connectivity index (χ4v) is 5.54. The van der Waals surface area contributed by atoms with Crippen LogP contribution in [0.25, 0.3) is 0 Å². The smallest absolute Gasteiger partial charge is 0.466 e. The van der Waals surface area contributed by atoms with Gasteiger partial charge < -0.3 is 28.8 Å². The van der Waals surface area contributed by atoms with E-state index in [1.54, 1.807) is 39.0 Å². The highest BCUT2D eigenvalue weighted by molar-refractivity contribution is 7.99. The van der Waals surface area contributed by atoms with Gasteiger partial charge in [0.2, 0.25) is 0 Å². The number of rotatable bonds is 14. The van der Waals surface area contributed by atoms with E-state index >= 15 is 0 Å². The quantitative estimate of drug-likeness (QED) is 0.130. The Morgan fingerprint density at radius 3 is 2.33 bits per heavy atom. The summed E-state index contributed by atoms with van der Waals surface area (Å²) in [7, 11) is -4.49. The number of hydrogen-bond donors (Lipinski definition) is 2. The molecule has 0 aliphatic heterocycles. The molecule has 0 radical (unpaired) electrons. The lowest BCUT2D eigenvalue weighted by Gasteiger charge is -2.34. The number of benzene rings is 2. The fourth-order valence-electron chi connectivity index (χ4n) is 3.78. The highest BCUT2D eigenvalue weighted by atomic mass is 35.5. The lowest BCUT2D eigenvalue weighted by atomic mass is 9.87. The van der Waals surface area contributed by atoms with Gasteiger partial charge in [-0.1, -0.05) is 42.8 Å². The lowest BCUT2D eigenvalue weighted by Crippen LogP contribution is -2.53. The zero-order chi connectivity index (χ0) is 31.8. The van der Waals surface area contributed by atoms with Crippen LogP contribution in [-0.2, 0) is 26.0 Å². The predicted octanol–water partition coefficient (Wildman–Crippen LogP) is 6.69. The molecule has 0 unspecified atom stereocenters.